The summed E-state index contributed by atoms with van der Waals surface area (Å²) in [6.45, 7) is 0. The Morgan fingerprint density at radius 3 is 2.71 bits per heavy atom. The van der Waals surface area contributed by atoms with Crippen LogP contribution in [0.15, 0.2) is 17.5 Å². The van der Waals surface area contributed by atoms with Crippen molar-refractivity contribution in [2.45, 2.75) is 0 Å². The molecular formula is C8H5NO4S. The summed E-state index contributed by atoms with van der Waals surface area (Å²) in [7, 11) is 0. The average Bonchev–Trinajstić information content (AvgIpc) is 2.55. The highest BCUT2D eigenvalue weighted by atomic mass is 32.1. The Hall–Kier alpha value is -1.82. The number of benzene rings is 1. The van der Waals surface area contributed by atoms with Crippen LogP contribution in [-0.2, 0) is 0 Å². The highest BCUT2D eigenvalue weighted by Gasteiger charge is 2.17. The molecule has 72 valence electrons. The number of thiophene rings is 1. The molecule has 14 heavy (non-hydrogen) atoms. The predicted octanol–water partition coefficient (Wildman–Crippen LogP) is 2.22. The maximum Gasteiger partial charge on any atom is 0.287 e. The van der Waals surface area contributed by atoms with Crippen molar-refractivity contribution in [2.75, 3.05) is 0 Å². The molecule has 6 heteroatoms. The molecule has 0 aliphatic rings. The second kappa shape index (κ2) is 2.85. The number of hydrogen-bond donors (Lipinski definition) is 2. The number of hydrogen-bond acceptors (Lipinski definition) is 5. The summed E-state index contributed by atoms with van der Waals surface area (Å²) < 4.78 is 0.330. The Labute approximate surface area is 82.0 Å². The Bertz CT molecular complexity index is 519. The maximum absolute atomic E-state index is 10.5. The van der Waals surface area contributed by atoms with Crippen LogP contribution in [0.2, 0.25) is 0 Å². The topological polar surface area (TPSA) is 83.6 Å². The maximum atomic E-state index is 10.5. The number of phenols is 2. The molecule has 0 saturated heterocycles. The van der Waals surface area contributed by atoms with Crippen molar-refractivity contribution in [3.63, 3.8) is 0 Å². The fourth-order valence-electron chi connectivity index (χ4n) is 1.20. The monoisotopic (exact) mass is 211 g/mol. The summed E-state index contributed by atoms with van der Waals surface area (Å²) in [6.07, 6.45) is 0. The van der Waals surface area contributed by atoms with E-state index < -0.39 is 4.92 Å². The highest BCUT2D eigenvalue weighted by molar-refractivity contribution is 7.18. The lowest BCUT2D eigenvalue weighted by Crippen LogP contribution is -1.84. The smallest absolute Gasteiger partial charge is 0.287 e. The Kier molecular flexibility index (Phi) is 1.78. The predicted molar refractivity (Wildman–Crippen MR) is 51.8 cm³/mol. The number of rotatable bonds is 1. The third-order valence-corrected chi connectivity index (χ3v) is 2.86. The lowest BCUT2D eigenvalue weighted by molar-refractivity contribution is -0.382. The van der Waals surface area contributed by atoms with Crippen molar-refractivity contribution in [1.82, 2.24) is 0 Å². The van der Waals surface area contributed by atoms with Gasteiger partial charge < -0.3 is 10.2 Å². The van der Waals surface area contributed by atoms with E-state index >= 15 is 0 Å². The first-order chi connectivity index (χ1) is 6.61. The minimum absolute atomic E-state index is 0.0553. The lowest BCUT2D eigenvalue weighted by Gasteiger charge is -1.96. The molecular weight excluding hydrogens is 206 g/mol. The van der Waals surface area contributed by atoms with Crippen molar-refractivity contribution >= 4 is 27.1 Å². The third kappa shape index (κ3) is 1.08. The van der Waals surface area contributed by atoms with E-state index in [0.29, 0.717) is 10.1 Å². The second-order valence-corrected chi connectivity index (χ2v) is 3.57. The van der Waals surface area contributed by atoms with Crippen LogP contribution < -0.4 is 0 Å². The van der Waals surface area contributed by atoms with Gasteiger partial charge in [-0.3, -0.25) is 10.1 Å². The molecule has 2 N–H and O–H groups in total. The molecule has 2 rings (SSSR count). The minimum atomic E-state index is -0.519. The zero-order valence-corrected chi connectivity index (χ0v) is 7.61. The van der Waals surface area contributed by atoms with E-state index in [1.54, 1.807) is 0 Å². The van der Waals surface area contributed by atoms with Crippen LogP contribution in [-0.4, -0.2) is 15.1 Å². The average molecular weight is 211 g/mol. The van der Waals surface area contributed by atoms with Gasteiger partial charge in [-0.25, -0.2) is 0 Å². The van der Waals surface area contributed by atoms with E-state index in [4.69, 9.17) is 5.11 Å². The van der Waals surface area contributed by atoms with Gasteiger partial charge in [-0.1, -0.05) is 0 Å². The summed E-state index contributed by atoms with van der Waals surface area (Å²) >= 11 is 1.03. The van der Waals surface area contributed by atoms with Crippen LogP contribution in [0.25, 0.3) is 10.1 Å². The number of aromatic hydroxyl groups is 2. The van der Waals surface area contributed by atoms with Crippen molar-refractivity contribution in [3.8, 4) is 11.5 Å². The normalized spacial score (nSPS) is 10.6. The molecule has 0 radical (unpaired) electrons. The molecule has 0 bridgehead atoms. The van der Waals surface area contributed by atoms with Crippen molar-refractivity contribution in [3.05, 3.63) is 27.6 Å². The van der Waals surface area contributed by atoms with Crippen molar-refractivity contribution < 1.29 is 15.1 Å². The first-order valence-electron chi connectivity index (χ1n) is 3.68. The molecule has 0 unspecified atom stereocenters. The number of phenolic OH excluding ortho intramolecular Hbond substituents is 2. The molecule has 0 spiro atoms. The zero-order chi connectivity index (χ0) is 10.3. The quantitative estimate of drug-likeness (QED) is 0.430. The molecule has 0 saturated carbocycles. The van der Waals surface area contributed by atoms with E-state index in [2.05, 4.69) is 0 Å². The van der Waals surface area contributed by atoms with Gasteiger partial charge >= 0.3 is 0 Å². The molecule has 0 aliphatic heterocycles. The molecule has 1 aromatic heterocycles. The molecule has 2 aromatic rings. The van der Waals surface area contributed by atoms with Gasteiger partial charge in [-0.2, -0.15) is 0 Å². The van der Waals surface area contributed by atoms with Crippen LogP contribution in [0, 0.1) is 10.1 Å². The van der Waals surface area contributed by atoms with Crippen LogP contribution in [0.5, 0.6) is 11.5 Å². The third-order valence-electron chi connectivity index (χ3n) is 1.87. The van der Waals surface area contributed by atoms with E-state index in [-0.39, 0.29) is 17.2 Å². The molecule has 0 aliphatic carbocycles. The zero-order valence-electron chi connectivity index (χ0n) is 6.80. The molecule has 1 heterocycles. The standard InChI is InChI=1S/C8H5NO4S/c10-6-2-1-4-5(9(12)13)3-14-8(4)7(6)11/h1-3,10-11H. The van der Waals surface area contributed by atoms with Gasteiger partial charge in [-0.15, -0.1) is 11.3 Å². The Balaban J connectivity index is 2.83. The van der Waals surface area contributed by atoms with E-state index in [1.165, 1.54) is 17.5 Å². The Morgan fingerprint density at radius 1 is 1.36 bits per heavy atom. The summed E-state index contributed by atoms with van der Waals surface area (Å²) in [5.41, 5.74) is -0.0553. The van der Waals surface area contributed by atoms with Crippen LogP contribution >= 0.6 is 11.3 Å². The van der Waals surface area contributed by atoms with Gasteiger partial charge in [-0.05, 0) is 12.1 Å². The fraction of sp³-hybridized carbons (Fsp3) is 0. The van der Waals surface area contributed by atoms with Gasteiger partial charge in [0, 0.05) is 0 Å². The van der Waals surface area contributed by atoms with E-state index in [9.17, 15) is 15.2 Å². The van der Waals surface area contributed by atoms with Gasteiger partial charge in [0.2, 0.25) is 0 Å². The van der Waals surface area contributed by atoms with Crippen molar-refractivity contribution in [1.29, 1.82) is 0 Å². The number of nitrogens with zero attached hydrogens (tertiary/aromatic N) is 1. The molecule has 0 fully saturated rings. The molecule has 0 amide bonds. The van der Waals surface area contributed by atoms with Gasteiger partial charge in [0.05, 0.1) is 20.4 Å². The van der Waals surface area contributed by atoms with E-state index in [0.717, 1.165) is 11.3 Å². The largest absolute Gasteiger partial charge is 0.504 e. The van der Waals surface area contributed by atoms with E-state index in [1.807, 2.05) is 0 Å². The lowest BCUT2D eigenvalue weighted by atomic mass is 10.2. The summed E-state index contributed by atoms with van der Waals surface area (Å²) in [5.74, 6) is -0.574. The minimum Gasteiger partial charge on any atom is -0.504 e. The molecule has 0 atom stereocenters. The number of nitro groups is 1. The first-order valence-corrected chi connectivity index (χ1v) is 4.55. The summed E-state index contributed by atoms with van der Waals surface area (Å²) in [4.78, 5) is 10.0. The van der Waals surface area contributed by atoms with Gasteiger partial charge in [0.1, 0.15) is 0 Å². The first kappa shape index (κ1) is 8.76. The molecule has 1 aromatic carbocycles. The SMILES string of the molecule is O=[N+]([O-])c1csc2c(O)c(O)ccc12. The fourth-order valence-corrected chi connectivity index (χ4v) is 2.16. The Morgan fingerprint density at radius 2 is 2.07 bits per heavy atom. The number of fused-ring (bicyclic) bond motifs is 1. The van der Waals surface area contributed by atoms with Crippen LogP contribution in [0.1, 0.15) is 0 Å². The van der Waals surface area contributed by atoms with Gasteiger partial charge in [0.25, 0.3) is 5.69 Å². The summed E-state index contributed by atoms with van der Waals surface area (Å²) in [6, 6.07) is 2.65. The van der Waals surface area contributed by atoms with Gasteiger partial charge in [0.15, 0.2) is 11.5 Å². The van der Waals surface area contributed by atoms with Crippen LogP contribution in [0.3, 0.4) is 0 Å². The van der Waals surface area contributed by atoms with Crippen LogP contribution in [0.4, 0.5) is 5.69 Å². The molecule has 5 nitrogen and oxygen atoms in total. The second-order valence-electron chi connectivity index (χ2n) is 2.69. The van der Waals surface area contributed by atoms with Crippen molar-refractivity contribution in [2.24, 2.45) is 0 Å². The summed E-state index contributed by atoms with van der Waals surface area (Å²) in [5, 5.41) is 30.8. The highest BCUT2D eigenvalue weighted by Crippen LogP contribution is 2.41.